The van der Waals surface area contributed by atoms with Crippen molar-refractivity contribution in [2.24, 2.45) is 0 Å². The van der Waals surface area contributed by atoms with E-state index in [2.05, 4.69) is 6.07 Å². The standard InChI is InChI=1S/C20H21N3O3S/c1-22(20(25)16-6-4-12-26-16)13-18(24)23-10-8-14(9-11-23)19-21-15-5-2-3-7-17(15)27-19/h2-7,12,14H,8-11,13H2,1H3. The van der Waals surface area contributed by atoms with E-state index >= 15 is 0 Å². The summed E-state index contributed by atoms with van der Waals surface area (Å²) >= 11 is 1.75. The molecule has 1 aromatic carbocycles. The van der Waals surface area contributed by atoms with Crippen molar-refractivity contribution >= 4 is 33.4 Å². The van der Waals surface area contributed by atoms with Crippen molar-refractivity contribution in [1.29, 1.82) is 0 Å². The number of piperidine rings is 1. The third-order valence-electron chi connectivity index (χ3n) is 4.96. The molecular weight excluding hydrogens is 362 g/mol. The molecule has 6 nitrogen and oxygen atoms in total. The molecule has 7 heteroatoms. The van der Waals surface area contributed by atoms with Crippen molar-refractivity contribution in [2.75, 3.05) is 26.7 Å². The Balaban J connectivity index is 1.33. The number of benzene rings is 1. The summed E-state index contributed by atoms with van der Waals surface area (Å²) in [6.45, 7) is 1.45. The molecule has 3 heterocycles. The lowest BCUT2D eigenvalue weighted by Crippen LogP contribution is -2.44. The minimum absolute atomic E-state index is 0.0276. The summed E-state index contributed by atoms with van der Waals surface area (Å²) in [4.78, 5) is 32.8. The summed E-state index contributed by atoms with van der Waals surface area (Å²) in [5, 5.41) is 1.16. The first-order valence-corrected chi connectivity index (χ1v) is 9.85. The number of aromatic nitrogens is 1. The van der Waals surface area contributed by atoms with Gasteiger partial charge in [0, 0.05) is 26.1 Å². The highest BCUT2D eigenvalue weighted by Gasteiger charge is 2.27. The van der Waals surface area contributed by atoms with E-state index in [4.69, 9.17) is 9.40 Å². The lowest BCUT2D eigenvalue weighted by atomic mass is 9.97. The van der Waals surface area contributed by atoms with Crippen molar-refractivity contribution < 1.29 is 14.0 Å². The number of carbonyl (C=O) groups is 2. The predicted octanol–water partition coefficient (Wildman–Crippen LogP) is 3.37. The zero-order valence-electron chi connectivity index (χ0n) is 15.1. The number of nitrogens with zero attached hydrogens (tertiary/aromatic N) is 3. The van der Waals surface area contributed by atoms with Gasteiger partial charge in [0.15, 0.2) is 5.76 Å². The lowest BCUT2D eigenvalue weighted by molar-refractivity contribution is -0.132. The minimum atomic E-state index is -0.280. The van der Waals surface area contributed by atoms with Gasteiger partial charge in [-0.1, -0.05) is 12.1 Å². The van der Waals surface area contributed by atoms with Crippen molar-refractivity contribution in [3.05, 3.63) is 53.4 Å². The fraction of sp³-hybridized carbons (Fsp3) is 0.350. The Labute approximate surface area is 161 Å². The predicted molar refractivity (Wildman–Crippen MR) is 104 cm³/mol. The molecular formula is C20H21N3O3S. The Morgan fingerprint density at radius 2 is 2.00 bits per heavy atom. The molecule has 1 aliphatic rings. The summed E-state index contributed by atoms with van der Waals surface area (Å²) in [6.07, 6.45) is 3.26. The molecule has 0 atom stereocenters. The lowest BCUT2D eigenvalue weighted by Gasteiger charge is -2.32. The van der Waals surface area contributed by atoms with Crippen LogP contribution in [0.15, 0.2) is 47.1 Å². The number of hydrogen-bond acceptors (Lipinski definition) is 5. The number of para-hydroxylation sites is 1. The van der Waals surface area contributed by atoms with Crippen LogP contribution in [0.25, 0.3) is 10.2 Å². The van der Waals surface area contributed by atoms with Crippen LogP contribution in [0, 0.1) is 0 Å². The van der Waals surface area contributed by atoms with Gasteiger partial charge in [0.1, 0.15) is 0 Å². The molecule has 27 heavy (non-hydrogen) atoms. The number of thiazole rings is 1. The average Bonchev–Trinajstić information content (AvgIpc) is 3.37. The number of fused-ring (bicyclic) bond motifs is 1. The summed E-state index contributed by atoms with van der Waals surface area (Å²) in [5.41, 5.74) is 1.05. The smallest absolute Gasteiger partial charge is 0.289 e. The highest BCUT2D eigenvalue weighted by molar-refractivity contribution is 7.18. The van der Waals surface area contributed by atoms with Crippen LogP contribution in [-0.4, -0.2) is 53.3 Å². The first kappa shape index (κ1) is 17.7. The molecule has 1 saturated heterocycles. The Bertz CT molecular complexity index is 909. The molecule has 1 aliphatic heterocycles. The van der Waals surface area contributed by atoms with Crippen LogP contribution in [0.1, 0.15) is 34.3 Å². The molecule has 0 aliphatic carbocycles. The maximum absolute atomic E-state index is 12.6. The molecule has 3 aromatic rings. The molecule has 0 spiro atoms. The number of likely N-dealkylation sites (tertiary alicyclic amines) is 1. The monoisotopic (exact) mass is 383 g/mol. The first-order valence-electron chi connectivity index (χ1n) is 9.04. The van der Waals surface area contributed by atoms with Crippen LogP contribution >= 0.6 is 11.3 Å². The maximum atomic E-state index is 12.6. The van der Waals surface area contributed by atoms with Crippen LogP contribution in [0.2, 0.25) is 0 Å². The number of carbonyl (C=O) groups excluding carboxylic acids is 2. The Kier molecular flexibility index (Phi) is 4.94. The SMILES string of the molecule is CN(CC(=O)N1CCC(c2nc3ccccc3s2)CC1)C(=O)c1ccco1. The van der Waals surface area contributed by atoms with Gasteiger partial charge in [0.25, 0.3) is 5.91 Å². The number of rotatable bonds is 4. The van der Waals surface area contributed by atoms with E-state index in [1.54, 1.807) is 30.5 Å². The van der Waals surface area contributed by atoms with Crippen molar-refractivity contribution in [3.8, 4) is 0 Å². The van der Waals surface area contributed by atoms with Crippen LogP contribution < -0.4 is 0 Å². The Hall–Kier alpha value is -2.67. The number of hydrogen-bond donors (Lipinski definition) is 0. The number of furan rings is 1. The van der Waals surface area contributed by atoms with E-state index < -0.39 is 0 Å². The largest absolute Gasteiger partial charge is 0.459 e. The van der Waals surface area contributed by atoms with Gasteiger partial charge in [-0.2, -0.15) is 0 Å². The normalized spacial score (nSPS) is 15.2. The fourth-order valence-corrected chi connectivity index (χ4v) is 4.54. The zero-order chi connectivity index (χ0) is 18.8. The van der Waals surface area contributed by atoms with Gasteiger partial charge in [-0.05, 0) is 37.1 Å². The van der Waals surface area contributed by atoms with E-state index in [0.29, 0.717) is 19.0 Å². The minimum Gasteiger partial charge on any atom is -0.459 e. The van der Waals surface area contributed by atoms with Gasteiger partial charge in [0.2, 0.25) is 5.91 Å². The van der Waals surface area contributed by atoms with Gasteiger partial charge < -0.3 is 14.2 Å². The second-order valence-electron chi connectivity index (χ2n) is 6.81. The van der Waals surface area contributed by atoms with Gasteiger partial charge in [-0.15, -0.1) is 11.3 Å². The van der Waals surface area contributed by atoms with Crippen molar-refractivity contribution in [1.82, 2.24) is 14.8 Å². The van der Waals surface area contributed by atoms with E-state index in [9.17, 15) is 9.59 Å². The van der Waals surface area contributed by atoms with Gasteiger partial charge in [0.05, 0.1) is 28.0 Å². The molecule has 0 unspecified atom stereocenters. The van der Waals surface area contributed by atoms with Gasteiger partial charge in [-0.25, -0.2) is 4.98 Å². The topological polar surface area (TPSA) is 66.7 Å². The second kappa shape index (κ2) is 7.52. The maximum Gasteiger partial charge on any atom is 0.289 e. The molecule has 4 rings (SSSR count). The highest BCUT2D eigenvalue weighted by Crippen LogP contribution is 2.33. The van der Waals surface area contributed by atoms with Gasteiger partial charge >= 0.3 is 0 Å². The van der Waals surface area contributed by atoms with Crippen LogP contribution in [0.3, 0.4) is 0 Å². The summed E-state index contributed by atoms with van der Waals surface area (Å²) in [6, 6.07) is 11.4. The molecule has 1 fully saturated rings. The van der Waals surface area contributed by atoms with Crippen LogP contribution in [-0.2, 0) is 4.79 Å². The summed E-state index contributed by atoms with van der Waals surface area (Å²) in [5.74, 6) is 0.339. The Morgan fingerprint density at radius 3 is 2.70 bits per heavy atom. The van der Waals surface area contributed by atoms with E-state index in [1.807, 2.05) is 23.1 Å². The molecule has 0 saturated carbocycles. The van der Waals surface area contributed by atoms with Crippen molar-refractivity contribution in [3.63, 3.8) is 0 Å². The molecule has 2 amide bonds. The molecule has 140 valence electrons. The van der Waals surface area contributed by atoms with Gasteiger partial charge in [-0.3, -0.25) is 9.59 Å². The third-order valence-corrected chi connectivity index (χ3v) is 6.16. The average molecular weight is 383 g/mol. The van der Waals surface area contributed by atoms with Crippen molar-refractivity contribution in [2.45, 2.75) is 18.8 Å². The molecule has 2 aromatic heterocycles. The fourth-order valence-electron chi connectivity index (χ4n) is 3.40. The molecule has 0 N–H and O–H groups in total. The van der Waals surface area contributed by atoms with E-state index in [-0.39, 0.29) is 24.1 Å². The van der Waals surface area contributed by atoms with Crippen LogP contribution in [0.5, 0.6) is 0 Å². The number of amides is 2. The zero-order valence-corrected chi connectivity index (χ0v) is 15.9. The van der Waals surface area contributed by atoms with E-state index in [1.165, 1.54) is 15.9 Å². The summed E-state index contributed by atoms with van der Waals surface area (Å²) in [7, 11) is 1.62. The highest BCUT2D eigenvalue weighted by atomic mass is 32.1. The quantitative estimate of drug-likeness (QED) is 0.693. The first-order chi connectivity index (χ1) is 13.1. The third kappa shape index (κ3) is 3.73. The Morgan fingerprint density at radius 1 is 1.22 bits per heavy atom. The second-order valence-corrected chi connectivity index (χ2v) is 7.88. The number of likely N-dealkylation sites (N-methyl/N-ethyl adjacent to an activating group) is 1. The molecule has 0 bridgehead atoms. The van der Waals surface area contributed by atoms with E-state index in [0.717, 1.165) is 23.4 Å². The molecule has 0 radical (unpaired) electrons. The van der Waals surface area contributed by atoms with Crippen LogP contribution in [0.4, 0.5) is 0 Å². The summed E-state index contributed by atoms with van der Waals surface area (Å²) < 4.78 is 6.32.